The first-order valence-electron chi connectivity index (χ1n) is 6.33. The smallest absolute Gasteiger partial charge is 0.330 e. The van der Waals surface area contributed by atoms with Crippen LogP contribution in [0.1, 0.15) is 38.7 Å². The number of rotatable bonds is 4. The van der Waals surface area contributed by atoms with Crippen LogP contribution in [0.15, 0.2) is 42.5 Å². The Labute approximate surface area is 115 Å². The molecule has 0 aromatic heterocycles. The Hall–Kier alpha value is -2.01. The first kappa shape index (κ1) is 15.0. The second-order valence-electron chi connectivity index (χ2n) is 5.30. The summed E-state index contributed by atoms with van der Waals surface area (Å²) in [6.45, 7) is 5.52. The number of hydrogen-bond acceptors (Lipinski definition) is 2. The third-order valence-electron chi connectivity index (χ3n) is 2.44. The van der Waals surface area contributed by atoms with Gasteiger partial charge < -0.3 is 4.74 Å². The summed E-state index contributed by atoms with van der Waals surface area (Å²) in [5, 5.41) is 0. The highest BCUT2D eigenvalue weighted by Gasteiger charge is 2.14. The molecule has 1 aromatic carbocycles. The summed E-state index contributed by atoms with van der Waals surface area (Å²) in [6.07, 6.45) is 9.36. The van der Waals surface area contributed by atoms with E-state index in [2.05, 4.69) is 5.92 Å². The molecule has 1 atom stereocenters. The molecule has 0 unspecified atom stereocenters. The van der Waals surface area contributed by atoms with Gasteiger partial charge in [-0.05, 0) is 32.8 Å². The molecule has 0 heterocycles. The topological polar surface area (TPSA) is 26.3 Å². The van der Waals surface area contributed by atoms with E-state index >= 15 is 0 Å². The van der Waals surface area contributed by atoms with Crippen molar-refractivity contribution < 1.29 is 9.53 Å². The molecule has 1 rings (SSSR count). The Morgan fingerprint density at radius 2 is 2.00 bits per heavy atom. The summed E-state index contributed by atoms with van der Waals surface area (Å²) < 4.78 is 5.18. The normalized spacial score (nSPS) is 12.9. The van der Waals surface area contributed by atoms with Crippen molar-refractivity contribution in [2.45, 2.75) is 38.7 Å². The van der Waals surface area contributed by atoms with Crippen LogP contribution in [0.2, 0.25) is 0 Å². The number of carbonyl (C=O) groups excluding carboxylic acids is 1. The van der Waals surface area contributed by atoms with Crippen LogP contribution in [0.25, 0.3) is 0 Å². The van der Waals surface area contributed by atoms with Crippen LogP contribution < -0.4 is 0 Å². The molecule has 2 heteroatoms. The Bertz CT molecular complexity index is 472. The largest absolute Gasteiger partial charge is 0.457 e. The molecule has 0 aliphatic heterocycles. The van der Waals surface area contributed by atoms with Crippen LogP contribution in [0.3, 0.4) is 0 Å². The average Bonchev–Trinajstić information content (AvgIpc) is 2.33. The maximum atomic E-state index is 11.5. The summed E-state index contributed by atoms with van der Waals surface area (Å²) >= 11 is 0. The lowest BCUT2D eigenvalue weighted by molar-refractivity contribution is -0.148. The van der Waals surface area contributed by atoms with Crippen molar-refractivity contribution >= 4 is 5.97 Å². The molecule has 0 amide bonds. The van der Waals surface area contributed by atoms with Gasteiger partial charge in [0.2, 0.25) is 0 Å². The van der Waals surface area contributed by atoms with E-state index in [-0.39, 0.29) is 11.9 Å². The van der Waals surface area contributed by atoms with Gasteiger partial charge in [0, 0.05) is 12.0 Å². The number of carbonyl (C=O) groups is 1. The van der Waals surface area contributed by atoms with Gasteiger partial charge in [-0.3, -0.25) is 0 Å². The molecule has 0 spiro atoms. The van der Waals surface area contributed by atoms with Gasteiger partial charge in [-0.15, -0.1) is 6.42 Å². The van der Waals surface area contributed by atoms with Gasteiger partial charge in [0.25, 0.3) is 0 Å². The molecule has 0 fully saturated rings. The maximum Gasteiger partial charge on any atom is 0.330 e. The van der Waals surface area contributed by atoms with Crippen LogP contribution in [-0.2, 0) is 9.53 Å². The van der Waals surface area contributed by atoms with Crippen molar-refractivity contribution in [1.82, 2.24) is 0 Å². The summed E-state index contributed by atoms with van der Waals surface area (Å²) in [4.78, 5) is 11.5. The van der Waals surface area contributed by atoms with E-state index in [9.17, 15) is 4.79 Å². The van der Waals surface area contributed by atoms with E-state index in [1.54, 1.807) is 6.08 Å². The quantitative estimate of drug-likeness (QED) is 0.466. The fourth-order valence-corrected chi connectivity index (χ4v) is 1.62. The van der Waals surface area contributed by atoms with Gasteiger partial charge in [-0.2, -0.15) is 0 Å². The molecule has 0 N–H and O–H groups in total. The molecule has 100 valence electrons. The second kappa shape index (κ2) is 6.80. The monoisotopic (exact) mass is 256 g/mol. The first-order valence-corrected chi connectivity index (χ1v) is 6.33. The summed E-state index contributed by atoms with van der Waals surface area (Å²) in [5.41, 5.74) is 0.616. The standard InChI is InChI=1S/C17H20O2/c1-5-14(15-10-7-6-8-11-15)12-9-13-16(18)19-17(2,3)4/h1,6-11,13-14H,12H2,2-4H3/b13-9+/t14-/m0/s1. The van der Waals surface area contributed by atoms with Gasteiger partial charge in [0.15, 0.2) is 0 Å². The highest BCUT2D eigenvalue weighted by atomic mass is 16.6. The molecule has 0 saturated carbocycles. The van der Waals surface area contributed by atoms with E-state index in [1.165, 1.54) is 6.08 Å². The van der Waals surface area contributed by atoms with Crippen LogP contribution in [0, 0.1) is 12.3 Å². The van der Waals surface area contributed by atoms with E-state index in [4.69, 9.17) is 11.2 Å². The molecule has 19 heavy (non-hydrogen) atoms. The lowest BCUT2D eigenvalue weighted by atomic mass is 9.96. The fraction of sp³-hybridized carbons (Fsp3) is 0.353. The van der Waals surface area contributed by atoms with Crippen LogP contribution in [-0.4, -0.2) is 11.6 Å². The predicted octanol–water partition coefficient (Wildman–Crippen LogP) is 3.69. The zero-order valence-corrected chi connectivity index (χ0v) is 11.7. The van der Waals surface area contributed by atoms with Crippen molar-refractivity contribution in [3.05, 3.63) is 48.0 Å². The molecule has 2 nitrogen and oxygen atoms in total. The van der Waals surface area contributed by atoms with Crippen molar-refractivity contribution in [1.29, 1.82) is 0 Å². The third kappa shape index (κ3) is 5.92. The Morgan fingerprint density at radius 3 is 2.53 bits per heavy atom. The summed E-state index contributed by atoms with van der Waals surface area (Å²) in [7, 11) is 0. The van der Waals surface area contributed by atoms with E-state index in [0.29, 0.717) is 6.42 Å². The van der Waals surface area contributed by atoms with Gasteiger partial charge in [-0.25, -0.2) is 4.79 Å². The van der Waals surface area contributed by atoms with E-state index in [0.717, 1.165) is 5.56 Å². The third-order valence-corrected chi connectivity index (χ3v) is 2.44. The Morgan fingerprint density at radius 1 is 1.37 bits per heavy atom. The van der Waals surface area contributed by atoms with Crippen molar-refractivity contribution in [2.24, 2.45) is 0 Å². The molecule has 0 radical (unpaired) electrons. The molecular formula is C17H20O2. The minimum atomic E-state index is -0.466. The summed E-state index contributed by atoms with van der Waals surface area (Å²) in [5.74, 6) is 2.39. The second-order valence-corrected chi connectivity index (χ2v) is 5.30. The number of allylic oxidation sites excluding steroid dienone is 1. The van der Waals surface area contributed by atoms with Gasteiger partial charge >= 0.3 is 5.97 Å². The van der Waals surface area contributed by atoms with Gasteiger partial charge in [0.05, 0.1) is 0 Å². The fourth-order valence-electron chi connectivity index (χ4n) is 1.62. The molecular weight excluding hydrogens is 236 g/mol. The minimum absolute atomic E-state index is 0.0140. The number of hydrogen-bond donors (Lipinski definition) is 0. The molecule has 0 bridgehead atoms. The molecule has 0 aliphatic carbocycles. The Balaban J connectivity index is 2.56. The van der Waals surface area contributed by atoms with Crippen LogP contribution >= 0.6 is 0 Å². The highest BCUT2D eigenvalue weighted by molar-refractivity contribution is 5.82. The summed E-state index contributed by atoms with van der Waals surface area (Å²) in [6, 6.07) is 9.85. The minimum Gasteiger partial charge on any atom is -0.457 e. The predicted molar refractivity (Wildman–Crippen MR) is 77.6 cm³/mol. The van der Waals surface area contributed by atoms with Gasteiger partial charge in [-0.1, -0.05) is 42.3 Å². The van der Waals surface area contributed by atoms with E-state index < -0.39 is 5.60 Å². The number of terminal acetylenes is 1. The van der Waals surface area contributed by atoms with Crippen molar-refractivity contribution in [3.8, 4) is 12.3 Å². The van der Waals surface area contributed by atoms with E-state index in [1.807, 2.05) is 51.1 Å². The molecule has 1 aromatic rings. The molecule has 0 saturated heterocycles. The van der Waals surface area contributed by atoms with Crippen molar-refractivity contribution in [3.63, 3.8) is 0 Å². The zero-order valence-electron chi connectivity index (χ0n) is 11.7. The molecule has 0 aliphatic rings. The maximum absolute atomic E-state index is 11.5. The average molecular weight is 256 g/mol. The zero-order chi connectivity index (χ0) is 14.3. The van der Waals surface area contributed by atoms with Crippen LogP contribution in [0.4, 0.5) is 0 Å². The lowest BCUT2D eigenvalue weighted by Crippen LogP contribution is -2.22. The highest BCUT2D eigenvalue weighted by Crippen LogP contribution is 2.18. The van der Waals surface area contributed by atoms with Crippen LogP contribution in [0.5, 0.6) is 0 Å². The number of esters is 1. The SMILES string of the molecule is C#C[C@@H](C/C=C/C(=O)OC(C)(C)C)c1ccccc1. The van der Waals surface area contributed by atoms with Gasteiger partial charge in [0.1, 0.15) is 5.60 Å². The Kier molecular flexibility index (Phi) is 5.38. The lowest BCUT2D eigenvalue weighted by Gasteiger charge is -2.18. The number of ether oxygens (including phenoxy) is 1. The number of benzene rings is 1. The van der Waals surface area contributed by atoms with Crippen molar-refractivity contribution in [2.75, 3.05) is 0 Å². The first-order chi connectivity index (χ1) is 8.92.